The van der Waals surface area contributed by atoms with Crippen LogP contribution in [0.5, 0.6) is 5.75 Å². The molecule has 1 aromatic heterocycles. The standard InChI is InChI=1S/C23H24ClN3O4/c1-3-11-27(13-21-25-19-12-16(24)7-10-18(19)23(30)26-21)22(29)14-31-17-8-5-15(6-9-17)20(28)4-2/h5-10,12H,3-4,11,13-14H2,1-2H3,(H,25,26,30). The van der Waals surface area contributed by atoms with Crippen LogP contribution in [0.1, 0.15) is 42.9 Å². The maximum absolute atomic E-state index is 12.7. The van der Waals surface area contributed by atoms with E-state index in [9.17, 15) is 14.4 Å². The van der Waals surface area contributed by atoms with Gasteiger partial charge in [0.2, 0.25) is 0 Å². The molecular weight excluding hydrogens is 418 g/mol. The molecule has 2 aromatic carbocycles. The number of hydrogen-bond donors (Lipinski definition) is 1. The second-order valence-electron chi connectivity index (χ2n) is 7.08. The van der Waals surface area contributed by atoms with Gasteiger partial charge in [-0.1, -0.05) is 25.4 Å². The number of nitrogens with zero attached hydrogens (tertiary/aromatic N) is 2. The van der Waals surface area contributed by atoms with Crippen LogP contribution < -0.4 is 10.3 Å². The van der Waals surface area contributed by atoms with Crippen LogP contribution in [0.15, 0.2) is 47.3 Å². The summed E-state index contributed by atoms with van der Waals surface area (Å²) in [5.74, 6) is 0.702. The molecule has 8 heteroatoms. The van der Waals surface area contributed by atoms with Gasteiger partial charge in [-0.15, -0.1) is 0 Å². The van der Waals surface area contributed by atoms with E-state index >= 15 is 0 Å². The van der Waals surface area contributed by atoms with Crippen LogP contribution in [0, 0.1) is 0 Å². The number of benzene rings is 2. The molecule has 0 aliphatic rings. The van der Waals surface area contributed by atoms with Crippen molar-refractivity contribution in [2.75, 3.05) is 13.2 Å². The van der Waals surface area contributed by atoms with Crippen LogP contribution in [0.3, 0.4) is 0 Å². The molecule has 31 heavy (non-hydrogen) atoms. The van der Waals surface area contributed by atoms with Gasteiger partial charge in [0.1, 0.15) is 11.6 Å². The molecule has 0 aliphatic carbocycles. The molecule has 0 saturated carbocycles. The number of nitrogens with one attached hydrogen (secondary N) is 1. The molecular formula is C23H24ClN3O4. The fourth-order valence-corrected chi connectivity index (χ4v) is 3.32. The molecule has 7 nitrogen and oxygen atoms in total. The van der Waals surface area contributed by atoms with E-state index in [-0.39, 0.29) is 30.4 Å². The van der Waals surface area contributed by atoms with Gasteiger partial charge in [-0.2, -0.15) is 0 Å². The topological polar surface area (TPSA) is 92.4 Å². The maximum Gasteiger partial charge on any atom is 0.260 e. The fourth-order valence-electron chi connectivity index (χ4n) is 3.16. The summed E-state index contributed by atoms with van der Waals surface area (Å²) in [6.45, 7) is 4.24. The molecule has 0 atom stereocenters. The van der Waals surface area contributed by atoms with Gasteiger partial charge in [-0.3, -0.25) is 14.4 Å². The van der Waals surface area contributed by atoms with Crippen molar-refractivity contribution < 1.29 is 14.3 Å². The molecule has 0 saturated heterocycles. The predicted octanol–water partition coefficient (Wildman–Crippen LogP) is 3.99. The Morgan fingerprint density at radius 1 is 1.13 bits per heavy atom. The van der Waals surface area contributed by atoms with Crippen LogP contribution in [-0.2, 0) is 11.3 Å². The Bertz CT molecular complexity index is 1140. The number of Topliss-reactive ketones (excluding diaryl/α,β-unsaturated/α-hetero) is 1. The number of H-pyrrole nitrogens is 1. The van der Waals surface area contributed by atoms with Crippen molar-refractivity contribution >= 4 is 34.2 Å². The van der Waals surface area contributed by atoms with Crippen LogP contribution in [0.2, 0.25) is 5.02 Å². The van der Waals surface area contributed by atoms with E-state index in [0.717, 1.165) is 6.42 Å². The highest BCUT2D eigenvalue weighted by molar-refractivity contribution is 6.31. The first-order valence-corrected chi connectivity index (χ1v) is 10.5. The largest absolute Gasteiger partial charge is 0.484 e. The van der Waals surface area contributed by atoms with Crippen molar-refractivity contribution in [1.82, 2.24) is 14.9 Å². The summed E-state index contributed by atoms with van der Waals surface area (Å²) >= 11 is 6.01. The van der Waals surface area contributed by atoms with Crippen molar-refractivity contribution in [3.05, 3.63) is 69.2 Å². The smallest absolute Gasteiger partial charge is 0.260 e. The molecule has 1 heterocycles. The number of amides is 1. The molecule has 0 aliphatic heterocycles. The van der Waals surface area contributed by atoms with Gasteiger partial charge in [0.25, 0.3) is 11.5 Å². The van der Waals surface area contributed by atoms with E-state index < -0.39 is 0 Å². The van der Waals surface area contributed by atoms with Crippen LogP contribution >= 0.6 is 11.6 Å². The Morgan fingerprint density at radius 2 is 1.87 bits per heavy atom. The second kappa shape index (κ2) is 10.2. The van der Waals surface area contributed by atoms with Crippen LogP contribution in [0.4, 0.5) is 0 Å². The predicted molar refractivity (Wildman–Crippen MR) is 120 cm³/mol. The van der Waals surface area contributed by atoms with Gasteiger partial charge < -0.3 is 14.6 Å². The highest BCUT2D eigenvalue weighted by Crippen LogP contribution is 2.16. The monoisotopic (exact) mass is 441 g/mol. The zero-order valence-electron chi connectivity index (χ0n) is 17.5. The molecule has 0 radical (unpaired) electrons. The Labute approximate surface area is 185 Å². The summed E-state index contributed by atoms with van der Waals surface area (Å²) in [5, 5.41) is 0.924. The minimum atomic E-state index is -0.279. The SMILES string of the molecule is CCCN(Cc1nc2cc(Cl)ccc2c(=O)[nH]1)C(=O)COc1ccc(C(=O)CC)cc1. The molecule has 0 fully saturated rings. The van der Waals surface area contributed by atoms with Gasteiger partial charge in [0.15, 0.2) is 12.4 Å². The lowest BCUT2D eigenvalue weighted by Crippen LogP contribution is -2.36. The number of halogens is 1. The third-order valence-electron chi connectivity index (χ3n) is 4.76. The van der Waals surface area contributed by atoms with Crippen molar-refractivity contribution in [2.45, 2.75) is 33.2 Å². The third-order valence-corrected chi connectivity index (χ3v) is 5.00. The van der Waals surface area contributed by atoms with Crippen molar-refractivity contribution in [2.24, 2.45) is 0 Å². The Morgan fingerprint density at radius 3 is 2.55 bits per heavy atom. The van der Waals surface area contributed by atoms with E-state index in [1.54, 1.807) is 54.3 Å². The molecule has 1 amide bonds. The number of rotatable bonds is 9. The number of ether oxygens (including phenoxy) is 1. The van der Waals surface area contributed by atoms with Gasteiger partial charge in [-0.05, 0) is 48.9 Å². The molecule has 162 valence electrons. The number of aromatic nitrogens is 2. The Hall–Kier alpha value is -3.19. The first kappa shape index (κ1) is 22.5. The summed E-state index contributed by atoms with van der Waals surface area (Å²) in [6.07, 6.45) is 1.17. The minimum Gasteiger partial charge on any atom is -0.484 e. The summed E-state index contributed by atoms with van der Waals surface area (Å²) in [6, 6.07) is 11.6. The maximum atomic E-state index is 12.7. The highest BCUT2D eigenvalue weighted by atomic mass is 35.5. The molecule has 3 rings (SSSR count). The minimum absolute atomic E-state index is 0.0508. The summed E-state index contributed by atoms with van der Waals surface area (Å²) < 4.78 is 5.60. The Kier molecular flexibility index (Phi) is 7.41. The Balaban J connectivity index is 1.70. The quantitative estimate of drug-likeness (QED) is 0.507. The number of carbonyl (C=O) groups is 2. The summed E-state index contributed by atoms with van der Waals surface area (Å²) in [5.41, 5.74) is 0.812. The van der Waals surface area contributed by atoms with Crippen molar-refractivity contribution in [3.8, 4) is 5.75 Å². The van der Waals surface area contributed by atoms with E-state index in [2.05, 4.69) is 9.97 Å². The zero-order chi connectivity index (χ0) is 22.4. The van der Waals surface area contributed by atoms with E-state index in [4.69, 9.17) is 16.3 Å². The molecule has 3 aromatic rings. The number of hydrogen-bond acceptors (Lipinski definition) is 5. The lowest BCUT2D eigenvalue weighted by molar-refractivity contribution is -0.134. The third kappa shape index (κ3) is 5.70. The van der Waals surface area contributed by atoms with Gasteiger partial charge in [0, 0.05) is 23.6 Å². The van der Waals surface area contributed by atoms with E-state index in [1.807, 2.05) is 6.92 Å². The van der Waals surface area contributed by atoms with Crippen molar-refractivity contribution in [1.29, 1.82) is 0 Å². The lowest BCUT2D eigenvalue weighted by atomic mass is 10.1. The average molecular weight is 442 g/mol. The van der Waals surface area contributed by atoms with Crippen LogP contribution in [-0.4, -0.2) is 39.7 Å². The van der Waals surface area contributed by atoms with Crippen molar-refractivity contribution in [3.63, 3.8) is 0 Å². The van der Waals surface area contributed by atoms with Gasteiger partial charge >= 0.3 is 0 Å². The number of aromatic amines is 1. The first-order valence-electron chi connectivity index (χ1n) is 10.1. The molecule has 0 spiro atoms. The second-order valence-corrected chi connectivity index (χ2v) is 7.52. The molecule has 0 unspecified atom stereocenters. The summed E-state index contributed by atoms with van der Waals surface area (Å²) in [7, 11) is 0. The number of carbonyl (C=O) groups excluding carboxylic acids is 2. The fraction of sp³-hybridized carbons (Fsp3) is 0.304. The molecule has 1 N–H and O–H groups in total. The van der Waals surface area contributed by atoms with Gasteiger partial charge in [0.05, 0.1) is 17.4 Å². The van der Waals surface area contributed by atoms with Crippen LogP contribution in [0.25, 0.3) is 10.9 Å². The average Bonchev–Trinajstić information content (AvgIpc) is 2.76. The summed E-state index contributed by atoms with van der Waals surface area (Å²) in [4.78, 5) is 45.6. The number of fused-ring (bicyclic) bond motifs is 1. The number of ketones is 1. The molecule has 0 bridgehead atoms. The highest BCUT2D eigenvalue weighted by Gasteiger charge is 2.16. The lowest BCUT2D eigenvalue weighted by Gasteiger charge is -2.22. The van der Waals surface area contributed by atoms with Gasteiger partial charge in [-0.25, -0.2) is 4.98 Å². The zero-order valence-corrected chi connectivity index (χ0v) is 18.2. The normalized spacial score (nSPS) is 10.8. The van der Waals surface area contributed by atoms with E-state index in [0.29, 0.717) is 46.0 Å². The first-order chi connectivity index (χ1) is 14.9. The van der Waals surface area contributed by atoms with E-state index in [1.165, 1.54) is 0 Å².